The quantitative estimate of drug-likeness (QED) is 0.517. The topological polar surface area (TPSA) is 120 Å². The fraction of sp³-hybridized carbons (Fsp3) is 0.800. The first-order chi connectivity index (χ1) is 12.1. The smallest absolute Gasteiger partial charge is 0.389 e. The van der Waals surface area contributed by atoms with E-state index in [0.717, 1.165) is 11.4 Å². The van der Waals surface area contributed by atoms with Crippen LogP contribution in [-0.2, 0) is 32.7 Å². The SMILES string of the molecule is CCC(=O)OCC(C)(C)[C@H]1OP(=O)(OC)SCCNC(=O)CCNC1=O. The Labute approximate surface area is 157 Å². The lowest BCUT2D eigenvalue weighted by Crippen LogP contribution is -2.48. The number of hydrogen-bond acceptors (Lipinski definition) is 8. The van der Waals surface area contributed by atoms with Gasteiger partial charge >= 0.3 is 12.8 Å². The van der Waals surface area contributed by atoms with Crippen LogP contribution in [0.3, 0.4) is 0 Å². The predicted molar refractivity (Wildman–Crippen MR) is 97.6 cm³/mol. The van der Waals surface area contributed by atoms with E-state index in [2.05, 4.69) is 10.6 Å². The number of nitrogens with one attached hydrogen (secondary N) is 2. The lowest BCUT2D eigenvalue weighted by molar-refractivity contribution is -0.152. The van der Waals surface area contributed by atoms with Crippen molar-refractivity contribution < 1.29 is 32.7 Å². The molecule has 1 aliphatic heterocycles. The molecule has 0 aromatic heterocycles. The first kappa shape index (κ1) is 23.0. The Hall–Kier alpha value is -1.09. The Morgan fingerprint density at radius 3 is 2.65 bits per heavy atom. The van der Waals surface area contributed by atoms with Crippen LogP contribution in [0, 0.1) is 5.41 Å². The van der Waals surface area contributed by atoms with Gasteiger partial charge in [0.05, 0.1) is 6.61 Å². The van der Waals surface area contributed by atoms with Crippen molar-refractivity contribution in [1.29, 1.82) is 0 Å². The molecule has 0 aromatic rings. The standard InChI is InChI=1S/C15H27N2O7PS/c1-5-12(19)23-10-15(2,3)13-14(20)17-7-6-11(18)16-8-9-26-25(21,22-4)24-13/h13H,5-10H2,1-4H3,(H,16,18)(H,17,20)/t13-,25?/m0/s1. The molecule has 0 spiro atoms. The Balaban J connectivity index is 3.02. The van der Waals surface area contributed by atoms with Gasteiger partial charge in [-0.1, -0.05) is 20.8 Å². The van der Waals surface area contributed by atoms with Crippen LogP contribution >= 0.6 is 18.2 Å². The maximum absolute atomic E-state index is 12.8. The average Bonchev–Trinajstić information content (AvgIpc) is 2.60. The van der Waals surface area contributed by atoms with Crippen LogP contribution < -0.4 is 10.6 Å². The van der Waals surface area contributed by atoms with E-state index in [9.17, 15) is 18.9 Å². The van der Waals surface area contributed by atoms with Gasteiger partial charge in [0.2, 0.25) is 11.8 Å². The molecule has 2 amide bonds. The zero-order valence-corrected chi connectivity index (χ0v) is 17.2. The van der Waals surface area contributed by atoms with Crippen LogP contribution in [0.25, 0.3) is 0 Å². The maximum atomic E-state index is 12.8. The number of hydrogen-bond donors (Lipinski definition) is 2. The van der Waals surface area contributed by atoms with E-state index in [1.807, 2.05) is 0 Å². The summed E-state index contributed by atoms with van der Waals surface area (Å²) in [6, 6.07) is 0. The minimum atomic E-state index is -3.65. The summed E-state index contributed by atoms with van der Waals surface area (Å²) in [6.45, 7) is 1.68. The van der Waals surface area contributed by atoms with Crippen LogP contribution in [0.4, 0.5) is 0 Å². The fourth-order valence-electron chi connectivity index (χ4n) is 2.07. The van der Waals surface area contributed by atoms with E-state index in [1.54, 1.807) is 20.8 Å². The van der Waals surface area contributed by atoms with E-state index in [1.165, 1.54) is 7.11 Å². The molecule has 2 atom stereocenters. The molecule has 0 saturated carbocycles. The average molecular weight is 410 g/mol. The largest absolute Gasteiger partial charge is 0.465 e. The van der Waals surface area contributed by atoms with Gasteiger partial charge in [0, 0.05) is 44.2 Å². The fourth-order valence-corrected chi connectivity index (χ4v) is 5.08. The second-order valence-corrected chi connectivity index (χ2v) is 10.6. The van der Waals surface area contributed by atoms with Crippen LogP contribution in [0.15, 0.2) is 0 Å². The number of carbonyl (C=O) groups excluding carboxylic acids is 3. The molecule has 1 fully saturated rings. The van der Waals surface area contributed by atoms with E-state index >= 15 is 0 Å². The second-order valence-electron chi connectivity index (χ2n) is 6.34. The minimum absolute atomic E-state index is 0.0906. The molecule has 0 aromatic carbocycles. The molecule has 1 aliphatic rings. The van der Waals surface area contributed by atoms with Gasteiger partial charge in [-0.2, -0.15) is 0 Å². The van der Waals surface area contributed by atoms with Crippen LogP contribution in [-0.4, -0.2) is 56.4 Å². The molecule has 1 saturated heterocycles. The van der Waals surface area contributed by atoms with E-state index in [0.29, 0.717) is 12.3 Å². The van der Waals surface area contributed by atoms with Gasteiger partial charge in [0.15, 0.2) is 6.10 Å². The zero-order chi connectivity index (χ0) is 19.8. The maximum Gasteiger partial charge on any atom is 0.389 e. The molecule has 0 aliphatic carbocycles. The highest BCUT2D eigenvalue weighted by Crippen LogP contribution is 2.61. The molecule has 1 unspecified atom stereocenters. The van der Waals surface area contributed by atoms with Crippen LogP contribution in [0.1, 0.15) is 33.6 Å². The van der Waals surface area contributed by atoms with E-state index in [-0.39, 0.29) is 31.9 Å². The molecule has 1 heterocycles. The van der Waals surface area contributed by atoms with Gasteiger partial charge in [0.1, 0.15) is 0 Å². The van der Waals surface area contributed by atoms with E-state index < -0.39 is 30.2 Å². The molecule has 26 heavy (non-hydrogen) atoms. The van der Waals surface area contributed by atoms with Crippen molar-refractivity contribution in [3.8, 4) is 0 Å². The second kappa shape index (κ2) is 10.3. The first-order valence-electron chi connectivity index (χ1n) is 8.32. The first-order valence-corrected chi connectivity index (χ1v) is 11.5. The Kier molecular flexibility index (Phi) is 9.09. The minimum Gasteiger partial charge on any atom is -0.465 e. The highest BCUT2D eigenvalue weighted by molar-refractivity contribution is 8.55. The Morgan fingerprint density at radius 2 is 2.04 bits per heavy atom. The number of amides is 2. The van der Waals surface area contributed by atoms with Crippen molar-refractivity contribution >= 4 is 36.0 Å². The lowest BCUT2D eigenvalue weighted by Gasteiger charge is -2.34. The van der Waals surface area contributed by atoms with Crippen LogP contribution in [0.5, 0.6) is 0 Å². The molecule has 150 valence electrons. The summed E-state index contributed by atoms with van der Waals surface area (Å²) in [5.74, 6) is -0.870. The van der Waals surface area contributed by atoms with Gasteiger partial charge in [0.25, 0.3) is 0 Å². The Bertz CT molecular complexity index is 570. The summed E-state index contributed by atoms with van der Waals surface area (Å²) in [5, 5.41) is 5.26. The van der Waals surface area contributed by atoms with Crippen molar-refractivity contribution in [2.45, 2.75) is 39.7 Å². The Morgan fingerprint density at radius 1 is 1.35 bits per heavy atom. The van der Waals surface area contributed by atoms with Crippen molar-refractivity contribution in [2.24, 2.45) is 5.41 Å². The van der Waals surface area contributed by atoms with Crippen molar-refractivity contribution in [2.75, 3.05) is 32.6 Å². The number of ether oxygens (including phenoxy) is 1. The molecule has 11 heteroatoms. The van der Waals surface area contributed by atoms with Crippen molar-refractivity contribution in [3.63, 3.8) is 0 Å². The van der Waals surface area contributed by atoms with Gasteiger partial charge < -0.3 is 19.9 Å². The predicted octanol–water partition coefficient (Wildman–Crippen LogP) is 1.47. The van der Waals surface area contributed by atoms with Gasteiger partial charge in [-0.25, -0.2) is 4.57 Å². The van der Waals surface area contributed by atoms with Gasteiger partial charge in [-0.05, 0) is 11.4 Å². The van der Waals surface area contributed by atoms with Gasteiger partial charge in [-0.15, -0.1) is 0 Å². The van der Waals surface area contributed by atoms with Crippen molar-refractivity contribution in [1.82, 2.24) is 10.6 Å². The van der Waals surface area contributed by atoms with E-state index in [4.69, 9.17) is 13.8 Å². The highest BCUT2D eigenvalue weighted by atomic mass is 32.7. The summed E-state index contributed by atoms with van der Waals surface area (Å²) in [7, 11) is 1.23. The third-order valence-electron chi connectivity index (χ3n) is 3.62. The van der Waals surface area contributed by atoms with Crippen molar-refractivity contribution in [3.05, 3.63) is 0 Å². The summed E-state index contributed by atoms with van der Waals surface area (Å²) in [6.07, 6.45) is -0.862. The van der Waals surface area contributed by atoms with Gasteiger partial charge in [-0.3, -0.25) is 18.9 Å². The van der Waals surface area contributed by atoms with Crippen LogP contribution in [0.2, 0.25) is 0 Å². The summed E-state index contributed by atoms with van der Waals surface area (Å²) < 4.78 is 28.6. The number of rotatable bonds is 5. The lowest BCUT2D eigenvalue weighted by atomic mass is 9.87. The summed E-state index contributed by atoms with van der Waals surface area (Å²) in [5.41, 5.74) is -0.962. The number of carbonyl (C=O) groups is 3. The monoisotopic (exact) mass is 410 g/mol. The molecular formula is C15H27N2O7PS. The molecule has 9 nitrogen and oxygen atoms in total. The summed E-state index contributed by atoms with van der Waals surface area (Å²) in [4.78, 5) is 35.7. The number of esters is 1. The normalized spacial score (nSPS) is 26.1. The molecule has 1 rings (SSSR count). The zero-order valence-electron chi connectivity index (χ0n) is 15.5. The molecule has 0 bridgehead atoms. The molecular weight excluding hydrogens is 383 g/mol. The summed E-state index contributed by atoms with van der Waals surface area (Å²) >= 11 is 0.900. The molecule has 2 N–H and O–H groups in total. The third-order valence-corrected chi connectivity index (χ3v) is 7.45. The highest BCUT2D eigenvalue weighted by Gasteiger charge is 2.43. The third kappa shape index (κ3) is 7.26. The molecule has 0 radical (unpaired) electrons.